The minimum Gasteiger partial charge on any atom is -0.486 e. The van der Waals surface area contributed by atoms with Crippen LogP contribution in [0.25, 0.3) is 6.08 Å². The highest BCUT2D eigenvalue weighted by Crippen LogP contribution is 2.26. The Kier molecular flexibility index (Phi) is 6.19. The Morgan fingerprint density at radius 3 is 2.44 bits per heavy atom. The average molecular weight is 446 g/mol. The van der Waals surface area contributed by atoms with Crippen molar-refractivity contribution >= 4 is 39.4 Å². The molecule has 0 aliphatic carbocycles. The molecular formula is C22H18BrClO3. The molecule has 5 heteroatoms. The zero-order valence-electron chi connectivity index (χ0n) is 15.0. The second kappa shape index (κ2) is 8.59. The first-order valence-electron chi connectivity index (χ1n) is 8.38. The van der Waals surface area contributed by atoms with E-state index in [1.54, 1.807) is 18.2 Å². The number of carbonyl (C=O) groups excluding carboxylic acids is 1. The number of allylic oxidation sites excluding steroid dienone is 1. The van der Waals surface area contributed by atoms with E-state index in [1.165, 1.54) is 6.08 Å². The topological polar surface area (TPSA) is 39.4 Å². The predicted molar refractivity (Wildman–Crippen MR) is 111 cm³/mol. The van der Waals surface area contributed by atoms with Crippen molar-refractivity contribution in [3.63, 3.8) is 0 Å². The first-order valence-corrected chi connectivity index (χ1v) is 9.56. The van der Waals surface area contributed by atoms with Gasteiger partial charge in [0.2, 0.25) is 0 Å². The molecule has 0 fully saturated rings. The van der Waals surface area contributed by atoms with Crippen molar-refractivity contribution < 1.29 is 13.9 Å². The standard InChI is InChI=1S/C22H18BrClO3/c1-14-11-20(12-15(2)22(14)24)26-13-19-8-7-18(27-19)9-10-21(25)16-3-5-17(23)6-4-16/h3-12H,13H2,1-2H3/b10-9+. The van der Waals surface area contributed by atoms with Crippen LogP contribution in [0.3, 0.4) is 0 Å². The Morgan fingerprint density at radius 1 is 1.11 bits per heavy atom. The quantitative estimate of drug-likeness (QED) is 0.310. The highest BCUT2D eigenvalue weighted by atomic mass is 79.9. The van der Waals surface area contributed by atoms with E-state index in [0.717, 1.165) is 26.4 Å². The summed E-state index contributed by atoms with van der Waals surface area (Å²) >= 11 is 9.52. The smallest absolute Gasteiger partial charge is 0.185 e. The number of benzene rings is 2. The van der Waals surface area contributed by atoms with Gasteiger partial charge in [0.05, 0.1) is 0 Å². The largest absolute Gasteiger partial charge is 0.486 e. The lowest BCUT2D eigenvalue weighted by Gasteiger charge is -2.08. The molecule has 3 rings (SSSR count). The van der Waals surface area contributed by atoms with Crippen LogP contribution in [-0.4, -0.2) is 5.78 Å². The van der Waals surface area contributed by atoms with Gasteiger partial charge in [-0.2, -0.15) is 0 Å². The van der Waals surface area contributed by atoms with Gasteiger partial charge in [-0.15, -0.1) is 0 Å². The summed E-state index contributed by atoms with van der Waals surface area (Å²) in [5, 5.41) is 0.753. The molecule has 138 valence electrons. The molecule has 0 aliphatic rings. The fourth-order valence-electron chi connectivity index (χ4n) is 2.57. The lowest BCUT2D eigenvalue weighted by atomic mass is 10.1. The summed E-state index contributed by atoms with van der Waals surface area (Å²) in [6.07, 6.45) is 3.16. The Balaban J connectivity index is 1.61. The normalized spacial score (nSPS) is 11.1. The molecule has 0 saturated carbocycles. The molecule has 0 saturated heterocycles. The van der Waals surface area contributed by atoms with Crippen LogP contribution < -0.4 is 4.74 Å². The molecule has 0 N–H and O–H groups in total. The number of carbonyl (C=O) groups is 1. The van der Waals surface area contributed by atoms with E-state index < -0.39 is 0 Å². The molecule has 0 aliphatic heterocycles. The zero-order chi connectivity index (χ0) is 19.4. The van der Waals surface area contributed by atoms with Gasteiger partial charge in [-0.05, 0) is 85.7 Å². The van der Waals surface area contributed by atoms with Crippen molar-refractivity contribution in [3.05, 3.63) is 92.3 Å². The second-order valence-corrected chi connectivity index (χ2v) is 7.46. The van der Waals surface area contributed by atoms with Crippen molar-refractivity contribution in [2.24, 2.45) is 0 Å². The van der Waals surface area contributed by atoms with Gasteiger partial charge in [0.25, 0.3) is 0 Å². The van der Waals surface area contributed by atoms with E-state index in [2.05, 4.69) is 15.9 Å². The Hall–Kier alpha value is -2.30. The maximum absolute atomic E-state index is 12.2. The van der Waals surface area contributed by atoms with E-state index in [4.69, 9.17) is 20.8 Å². The van der Waals surface area contributed by atoms with E-state index in [9.17, 15) is 4.79 Å². The maximum atomic E-state index is 12.2. The summed E-state index contributed by atoms with van der Waals surface area (Å²) in [6.45, 7) is 4.19. The van der Waals surface area contributed by atoms with Crippen molar-refractivity contribution in [2.75, 3.05) is 0 Å². The van der Waals surface area contributed by atoms with E-state index in [0.29, 0.717) is 23.7 Å². The van der Waals surface area contributed by atoms with Crippen molar-refractivity contribution in [1.29, 1.82) is 0 Å². The molecule has 0 unspecified atom stereocenters. The van der Waals surface area contributed by atoms with Gasteiger partial charge in [0.1, 0.15) is 23.9 Å². The van der Waals surface area contributed by atoms with Crippen LogP contribution in [0.2, 0.25) is 5.02 Å². The lowest BCUT2D eigenvalue weighted by Crippen LogP contribution is -1.95. The van der Waals surface area contributed by atoms with E-state index >= 15 is 0 Å². The van der Waals surface area contributed by atoms with Crippen LogP contribution in [-0.2, 0) is 6.61 Å². The number of halogens is 2. The summed E-state index contributed by atoms with van der Waals surface area (Å²) < 4.78 is 12.4. The number of aryl methyl sites for hydroxylation is 2. The van der Waals surface area contributed by atoms with E-state index in [-0.39, 0.29) is 5.78 Å². The van der Waals surface area contributed by atoms with Gasteiger partial charge >= 0.3 is 0 Å². The summed E-state index contributed by atoms with van der Waals surface area (Å²) in [7, 11) is 0. The van der Waals surface area contributed by atoms with Crippen LogP contribution in [0.4, 0.5) is 0 Å². The maximum Gasteiger partial charge on any atom is 0.185 e. The SMILES string of the molecule is Cc1cc(OCc2ccc(/C=C/C(=O)c3ccc(Br)cc3)o2)cc(C)c1Cl. The molecule has 0 spiro atoms. The van der Waals surface area contributed by atoms with E-state index in [1.807, 2.05) is 50.2 Å². The third-order valence-corrected chi connectivity index (χ3v) is 5.13. The van der Waals surface area contributed by atoms with Crippen molar-refractivity contribution in [1.82, 2.24) is 0 Å². The van der Waals surface area contributed by atoms with Crippen LogP contribution in [0.1, 0.15) is 33.0 Å². The molecule has 27 heavy (non-hydrogen) atoms. The third kappa shape index (κ3) is 5.12. The van der Waals surface area contributed by atoms with Crippen molar-refractivity contribution in [3.8, 4) is 5.75 Å². The molecule has 1 aromatic heterocycles. The molecule has 3 aromatic rings. The molecule has 0 radical (unpaired) electrons. The molecule has 0 bridgehead atoms. The summed E-state index contributed by atoms with van der Waals surface area (Å²) in [6, 6.07) is 14.7. The van der Waals surface area contributed by atoms with Gasteiger partial charge in [0, 0.05) is 15.1 Å². The third-order valence-electron chi connectivity index (χ3n) is 4.00. The van der Waals surface area contributed by atoms with Gasteiger partial charge in [-0.3, -0.25) is 4.79 Å². The molecular weight excluding hydrogens is 428 g/mol. The fourth-order valence-corrected chi connectivity index (χ4v) is 2.95. The van der Waals surface area contributed by atoms with Crippen molar-refractivity contribution in [2.45, 2.75) is 20.5 Å². The van der Waals surface area contributed by atoms with Gasteiger partial charge in [-0.25, -0.2) is 0 Å². The number of ketones is 1. The molecule has 0 amide bonds. The Bertz CT molecular complexity index is 964. The fraction of sp³-hybridized carbons (Fsp3) is 0.136. The number of ether oxygens (including phenoxy) is 1. The van der Waals surface area contributed by atoms with Crippen LogP contribution in [0.5, 0.6) is 5.75 Å². The summed E-state index contributed by atoms with van der Waals surface area (Å²) in [4.78, 5) is 12.2. The molecule has 3 nitrogen and oxygen atoms in total. The number of furan rings is 1. The summed E-state index contributed by atoms with van der Waals surface area (Å²) in [5.74, 6) is 1.94. The average Bonchev–Trinajstić information content (AvgIpc) is 3.11. The monoisotopic (exact) mass is 444 g/mol. The zero-order valence-corrected chi connectivity index (χ0v) is 17.3. The van der Waals surface area contributed by atoms with Gasteiger partial charge in [0.15, 0.2) is 5.78 Å². The van der Waals surface area contributed by atoms with Gasteiger partial charge in [-0.1, -0.05) is 27.5 Å². The highest BCUT2D eigenvalue weighted by molar-refractivity contribution is 9.10. The first-order chi connectivity index (χ1) is 12.9. The van der Waals surface area contributed by atoms with Crippen LogP contribution >= 0.6 is 27.5 Å². The second-order valence-electron chi connectivity index (χ2n) is 6.17. The molecule has 0 atom stereocenters. The Morgan fingerprint density at radius 2 is 1.78 bits per heavy atom. The van der Waals surface area contributed by atoms with Gasteiger partial charge < -0.3 is 9.15 Å². The number of rotatable bonds is 6. The first kappa shape index (κ1) is 19.5. The Labute approximate surface area is 171 Å². The molecule has 2 aromatic carbocycles. The lowest BCUT2D eigenvalue weighted by molar-refractivity contribution is 0.104. The predicted octanol–water partition coefficient (Wildman–Crippen LogP) is 6.79. The minimum absolute atomic E-state index is 0.0798. The van der Waals surface area contributed by atoms with Crippen LogP contribution in [0, 0.1) is 13.8 Å². The number of hydrogen-bond donors (Lipinski definition) is 0. The minimum atomic E-state index is -0.0798. The molecule has 1 heterocycles. The summed E-state index contributed by atoms with van der Waals surface area (Å²) in [5.41, 5.74) is 2.57. The number of hydrogen-bond acceptors (Lipinski definition) is 3. The highest BCUT2D eigenvalue weighted by Gasteiger charge is 2.06. The van der Waals surface area contributed by atoms with Crippen LogP contribution in [0.15, 0.2) is 63.5 Å².